The van der Waals surface area contributed by atoms with Gasteiger partial charge in [0.1, 0.15) is 0 Å². The maximum Gasteiger partial charge on any atom is 0.0928 e. The fourth-order valence-corrected chi connectivity index (χ4v) is 2.80. The van der Waals surface area contributed by atoms with Crippen molar-refractivity contribution < 1.29 is 5.11 Å². The quantitative estimate of drug-likeness (QED) is 0.896. The molecule has 0 spiro atoms. The van der Waals surface area contributed by atoms with Crippen LogP contribution in [0, 0.1) is 0 Å². The van der Waals surface area contributed by atoms with E-state index in [4.69, 9.17) is 0 Å². The third-order valence-electron chi connectivity index (χ3n) is 4.02. The fourth-order valence-electron chi connectivity index (χ4n) is 2.80. The molecule has 1 aliphatic rings. The highest BCUT2D eigenvalue weighted by molar-refractivity contribution is 5.83. The molecule has 1 unspecified atom stereocenters. The smallest absolute Gasteiger partial charge is 0.0928 e. The molecule has 0 bridgehead atoms. The summed E-state index contributed by atoms with van der Waals surface area (Å²) in [5, 5.41) is 14.9. The number of nitrogens with zero attached hydrogens (tertiary/aromatic N) is 1. The molecule has 1 atom stereocenters. The molecule has 1 saturated heterocycles. The molecule has 3 heteroatoms. The first-order valence-electron chi connectivity index (χ1n) is 7.48. The van der Waals surface area contributed by atoms with E-state index in [0.717, 1.165) is 18.7 Å². The molecule has 0 radical (unpaired) electrons. The summed E-state index contributed by atoms with van der Waals surface area (Å²) in [6, 6.07) is 14.4. The van der Waals surface area contributed by atoms with Crippen LogP contribution in [-0.2, 0) is 0 Å². The van der Waals surface area contributed by atoms with Gasteiger partial charge < -0.3 is 5.11 Å². The number of piperidine rings is 1. The summed E-state index contributed by atoms with van der Waals surface area (Å²) in [5.41, 5.74) is 4.33. The van der Waals surface area contributed by atoms with Crippen molar-refractivity contribution in [3.63, 3.8) is 0 Å². The Balaban J connectivity index is 1.64. The molecule has 2 aromatic carbocycles. The highest BCUT2D eigenvalue weighted by atomic mass is 16.3. The summed E-state index contributed by atoms with van der Waals surface area (Å²) in [4.78, 5) is 0. The van der Waals surface area contributed by atoms with E-state index in [1.807, 2.05) is 18.2 Å². The van der Waals surface area contributed by atoms with E-state index in [-0.39, 0.29) is 0 Å². The minimum atomic E-state index is -0.457. The third-order valence-corrected chi connectivity index (χ3v) is 4.02. The number of hydrazine groups is 1. The molecule has 3 nitrogen and oxygen atoms in total. The second-order valence-corrected chi connectivity index (χ2v) is 5.53. The van der Waals surface area contributed by atoms with Crippen molar-refractivity contribution >= 4 is 10.8 Å². The van der Waals surface area contributed by atoms with Gasteiger partial charge in [0.25, 0.3) is 0 Å². The number of benzene rings is 2. The molecular weight excluding hydrogens is 248 g/mol. The van der Waals surface area contributed by atoms with Gasteiger partial charge in [0.15, 0.2) is 0 Å². The van der Waals surface area contributed by atoms with E-state index < -0.39 is 6.10 Å². The number of rotatable bonds is 4. The van der Waals surface area contributed by atoms with Crippen LogP contribution in [-0.4, -0.2) is 29.7 Å². The number of hydrogen-bond donors (Lipinski definition) is 2. The Morgan fingerprint density at radius 1 is 1.00 bits per heavy atom. The Kier molecular flexibility index (Phi) is 4.31. The lowest BCUT2D eigenvalue weighted by atomic mass is 10.0. The Bertz CT molecular complexity index is 564. The van der Waals surface area contributed by atoms with Gasteiger partial charge >= 0.3 is 0 Å². The molecule has 3 rings (SSSR count). The molecule has 106 valence electrons. The first-order chi connectivity index (χ1) is 9.83. The van der Waals surface area contributed by atoms with Gasteiger partial charge in [-0.3, -0.25) is 5.43 Å². The van der Waals surface area contributed by atoms with E-state index >= 15 is 0 Å². The monoisotopic (exact) mass is 270 g/mol. The van der Waals surface area contributed by atoms with Crippen molar-refractivity contribution in [2.24, 2.45) is 0 Å². The second-order valence-electron chi connectivity index (χ2n) is 5.53. The Labute approximate surface area is 120 Å². The van der Waals surface area contributed by atoms with Crippen LogP contribution in [0.2, 0.25) is 0 Å². The standard InChI is InChI=1S/C17H22N2O/c20-17(13-18-19-10-4-1-5-11-19)16-9-8-14-6-2-3-7-15(14)12-16/h2-3,6-9,12,17-18,20H,1,4-5,10-11,13H2. The van der Waals surface area contributed by atoms with Gasteiger partial charge in [-0.05, 0) is 35.2 Å². The van der Waals surface area contributed by atoms with Crippen molar-refractivity contribution in [1.82, 2.24) is 10.4 Å². The van der Waals surface area contributed by atoms with Crippen molar-refractivity contribution in [3.8, 4) is 0 Å². The zero-order chi connectivity index (χ0) is 13.8. The summed E-state index contributed by atoms with van der Waals surface area (Å²) in [5.74, 6) is 0. The minimum absolute atomic E-state index is 0.457. The van der Waals surface area contributed by atoms with Crippen molar-refractivity contribution in [2.75, 3.05) is 19.6 Å². The molecule has 0 saturated carbocycles. The van der Waals surface area contributed by atoms with Gasteiger partial charge in [-0.2, -0.15) is 0 Å². The molecular formula is C17H22N2O. The molecule has 2 N–H and O–H groups in total. The van der Waals surface area contributed by atoms with Gasteiger partial charge in [0.05, 0.1) is 6.10 Å². The lowest BCUT2D eigenvalue weighted by Gasteiger charge is -2.28. The van der Waals surface area contributed by atoms with Gasteiger partial charge in [-0.1, -0.05) is 42.8 Å². The number of hydrogen-bond acceptors (Lipinski definition) is 3. The highest BCUT2D eigenvalue weighted by Crippen LogP contribution is 2.20. The summed E-state index contributed by atoms with van der Waals surface area (Å²) in [6.07, 6.45) is 3.37. The summed E-state index contributed by atoms with van der Waals surface area (Å²) in [6.45, 7) is 2.76. The third kappa shape index (κ3) is 3.18. The molecule has 1 fully saturated rings. The average Bonchev–Trinajstić information content (AvgIpc) is 2.53. The van der Waals surface area contributed by atoms with Crippen LogP contribution in [0.1, 0.15) is 30.9 Å². The van der Waals surface area contributed by atoms with Crippen LogP contribution in [0.5, 0.6) is 0 Å². The molecule has 0 amide bonds. The largest absolute Gasteiger partial charge is 0.387 e. The average molecular weight is 270 g/mol. The molecule has 0 aliphatic carbocycles. The number of nitrogens with one attached hydrogen (secondary N) is 1. The van der Waals surface area contributed by atoms with E-state index in [0.29, 0.717) is 6.54 Å². The van der Waals surface area contributed by atoms with Crippen LogP contribution >= 0.6 is 0 Å². The minimum Gasteiger partial charge on any atom is -0.387 e. The van der Waals surface area contributed by atoms with E-state index in [2.05, 4.69) is 34.7 Å². The van der Waals surface area contributed by atoms with Crippen LogP contribution in [0.4, 0.5) is 0 Å². The van der Waals surface area contributed by atoms with Gasteiger partial charge in [-0.15, -0.1) is 0 Å². The Morgan fingerprint density at radius 3 is 2.55 bits per heavy atom. The second kappa shape index (κ2) is 6.35. The normalized spacial score (nSPS) is 18.2. The van der Waals surface area contributed by atoms with E-state index in [1.54, 1.807) is 0 Å². The zero-order valence-electron chi connectivity index (χ0n) is 11.8. The SMILES string of the molecule is OC(CNN1CCCCC1)c1ccc2ccccc2c1. The van der Waals surface area contributed by atoms with Gasteiger partial charge in [0, 0.05) is 19.6 Å². The maximum atomic E-state index is 10.3. The molecule has 20 heavy (non-hydrogen) atoms. The lowest BCUT2D eigenvalue weighted by molar-refractivity contribution is 0.0997. The fraction of sp³-hybridized carbons (Fsp3) is 0.412. The van der Waals surface area contributed by atoms with Crippen molar-refractivity contribution in [2.45, 2.75) is 25.4 Å². The Morgan fingerprint density at radius 2 is 1.75 bits per heavy atom. The van der Waals surface area contributed by atoms with Crippen molar-refractivity contribution in [1.29, 1.82) is 0 Å². The van der Waals surface area contributed by atoms with E-state index in [9.17, 15) is 5.11 Å². The predicted octanol–water partition coefficient (Wildman–Crippen LogP) is 2.86. The summed E-state index contributed by atoms with van der Waals surface area (Å²) < 4.78 is 0. The van der Waals surface area contributed by atoms with E-state index in [1.165, 1.54) is 30.0 Å². The molecule has 0 aromatic heterocycles. The van der Waals surface area contributed by atoms with Crippen molar-refractivity contribution in [3.05, 3.63) is 48.0 Å². The molecule has 1 aliphatic heterocycles. The highest BCUT2D eigenvalue weighted by Gasteiger charge is 2.13. The van der Waals surface area contributed by atoms with Crippen LogP contribution in [0.15, 0.2) is 42.5 Å². The maximum absolute atomic E-state index is 10.3. The molecule has 2 aromatic rings. The van der Waals surface area contributed by atoms with Crippen LogP contribution < -0.4 is 5.43 Å². The Hall–Kier alpha value is -1.42. The topological polar surface area (TPSA) is 35.5 Å². The van der Waals surface area contributed by atoms with Crippen LogP contribution in [0.25, 0.3) is 10.8 Å². The first-order valence-corrected chi connectivity index (χ1v) is 7.48. The predicted molar refractivity (Wildman–Crippen MR) is 82.3 cm³/mol. The van der Waals surface area contributed by atoms with Gasteiger partial charge in [-0.25, -0.2) is 5.01 Å². The number of aliphatic hydroxyl groups excluding tert-OH is 1. The number of fused-ring (bicyclic) bond motifs is 1. The summed E-state index contributed by atoms with van der Waals surface area (Å²) >= 11 is 0. The number of aliphatic hydroxyl groups is 1. The summed E-state index contributed by atoms with van der Waals surface area (Å²) in [7, 11) is 0. The zero-order valence-corrected chi connectivity index (χ0v) is 11.8. The van der Waals surface area contributed by atoms with Crippen LogP contribution in [0.3, 0.4) is 0 Å². The first kappa shape index (κ1) is 13.6. The van der Waals surface area contributed by atoms with Gasteiger partial charge in [0.2, 0.25) is 0 Å². The lowest BCUT2D eigenvalue weighted by Crippen LogP contribution is -2.43. The molecule has 1 heterocycles.